The van der Waals surface area contributed by atoms with Crippen molar-refractivity contribution in [1.29, 1.82) is 0 Å². The summed E-state index contributed by atoms with van der Waals surface area (Å²) in [4.78, 5) is 11.3. The Hall–Kier alpha value is -0.830. The topological polar surface area (TPSA) is 35.5 Å². The predicted molar refractivity (Wildman–Crippen MR) is 60.8 cm³/mol. The number of hydrogen-bond donors (Lipinski definition) is 0. The van der Waals surface area contributed by atoms with E-state index in [-0.39, 0.29) is 12.1 Å². The summed E-state index contributed by atoms with van der Waals surface area (Å²) in [5.41, 5.74) is 1.07. The Morgan fingerprint density at radius 2 is 2.00 bits per heavy atom. The molecule has 2 rings (SSSR count). The lowest BCUT2D eigenvalue weighted by Gasteiger charge is -2.26. The van der Waals surface area contributed by atoms with Gasteiger partial charge in [-0.05, 0) is 32.6 Å². The first-order valence-electron chi connectivity index (χ1n) is 6.24. The smallest absolute Gasteiger partial charge is 0.333 e. The number of carbonyl (C=O) groups excluding carboxylic acids is 1. The SMILES string of the molecule is CC(C)OC1OC(=O)C=C1C1CCCCC1. The van der Waals surface area contributed by atoms with Crippen molar-refractivity contribution in [3.63, 3.8) is 0 Å². The molecule has 2 aliphatic rings. The second-order valence-corrected chi connectivity index (χ2v) is 4.93. The predicted octanol–water partition coefficient (Wildman–Crippen LogP) is 2.80. The largest absolute Gasteiger partial charge is 0.428 e. The first kappa shape index (κ1) is 11.6. The summed E-state index contributed by atoms with van der Waals surface area (Å²) in [5, 5.41) is 0. The Kier molecular flexibility index (Phi) is 3.64. The third-order valence-corrected chi connectivity index (χ3v) is 3.25. The highest BCUT2D eigenvalue weighted by molar-refractivity contribution is 5.85. The molecule has 0 aromatic carbocycles. The van der Waals surface area contributed by atoms with Crippen LogP contribution in [0.4, 0.5) is 0 Å². The molecule has 0 amide bonds. The Labute approximate surface area is 96.8 Å². The van der Waals surface area contributed by atoms with E-state index in [1.165, 1.54) is 32.1 Å². The first-order valence-corrected chi connectivity index (χ1v) is 6.24. The molecule has 1 unspecified atom stereocenters. The van der Waals surface area contributed by atoms with Crippen molar-refractivity contribution < 1.29 is 14.3 Å². The van der Waals surface area contributed by atoms with Gasteiger partial charge in [0.2, 0.25) is 6.29 Å². The van der Waals surface area contributed by atoms with Gasteiger partial charge in [0.05, 0.1) is 6.10 Å². The van der Waals surface area contributed by atoms with E-state index >= 15 is 0 Å². The molecule has 1 saturated carbocycles. The molecule has 16 heavy (non-hydrogen) atoms. The van der Waals surface area contributed by atoms with Crippen LogP contribution in [-0.4, -0.2) is 18.4 Å². The average Bonchev–Trinajstić information content (AvgIpc) is 2.60. The van der Waals surface area contributed by atoms with E-state index in [2.05, 4.69) is 0 Å². The molecule has 0 N–H and O–H groups in total. The fourth-order valence-electron chi connectivity index (χ4n) is 2.51. The van der Waals surface area contributed by atoms with Crippen LogP contribution in [0.5, 0.6) is 0 Å². The van der Waals surface area contributed by atoms with Crippen molar-refractivity contribution in [2.24, 2.45) is 5.92 Å². The minimum Gasteiger partial charge on any atom is -0.428 e. The van der Waals surface area contributed by atoms with Crippen molar-refractivity contribution in [3.05, 3.63) is 11.6 Å². The van der Waals surface area contributed by atoms with Crippen LogP contribution in [0.25, 0.3) is 0 Å². The van der Waals surface area contributed by atoms with Crippen molar-refractivity contribution in [2.75, 3.05) is 0 Å². The molecule has 1 fully saturated rings. The Bertz CT molecular complexity index is 288. The number of hydrogen-bond acceptors (Lipinski definition) is 3. The van der Waals surface area contributed by atoms with E-state index in [4.69, 9.17) is 9.47 Å². The third kappa shape index (κ3) is 2.64. The number of cyclic esters (lactones) is 1. The molecule has 1 heterocycles. The van der Waals surface area contributed by atoms with Gasteiger partial charge in [-0.15, -0.1) is 0 Å². The summed E-state index contributed by atoms with van der Waals surface area (Å²) in [6.07, 6.45) is 7.46. The zero-order valence-corrected chi connectivity index (χ0v) is 10.1. The fraction of sp³-hybridized carbons (Fsp3) is 0.769. The highest BCUT2D eigenvalue weighted by Crippen LogP contribution is 2.35. The van der Waals surface area contributed by atoms with E-state index in [1.54, 1.807) is 6.08 Å². The van der Waals surface area contributed by atoms with E-state index in [0.29, 0.717) is 5.92 Å². The Morgan fingerprint density at radius 1 is 1.31 bits per heavy atom. The quantitative estimate of drug-likeness (QED) is 0.691. The molecule has 3 nitrogen and oxygen atoms in total. The van der Waals surface area contributed by atoms with Gasteiger partial charge in [0, 0.05) is 11.6 Å². The number of rotatable bonds is 3. The third-order valence-electron chi connectivity index (χ3n) is 3.25. The summed E-state index contributed by atoms with van der Waals surface area (Å²) in [5.74, 6) is 0.246. The fourth-order valence-corrected chi connectivity index (χ4v) is 2.51. The second-order valence-electron chi connectivity index (χ2n) is 4.93. The number of esters is 1. The minimum atomic E-state index is -0.421. The number of carbonyl (C=O) groups is 1. The molecule has 1 atom stereocenters. The Morgan fingerprint density at radius 3 is 2.62 bits per heavy atom. The summed E-state index contributed by atoms with van der Waals surface area (Å²) in [6.45, 7) is 3.93. The standard InChI is InChI=1S/C13H20O3/c1-9(2)15-13-11(8-12(14)16-13)10-6-4-3-5-7-10/h8-10,13H,3-7H2,1-2H3. The molecule has 0 spiro atoms. The first-order chi connectivity index (χ1) is 7.66. The average molecular weight is 224 g/mol. The van der Waals surface area contributed by atoms with Crippen LogP contribution in [0.2, 0.25) is 0 Å². The lowest BCUT2D eigenvalue weighted by atomic mass is 9.83. The summed E-state index contributed by atoms with van der Waals surface area (Å²) in [7, 11) is 0. The zero-order valence-electron chi connectivity index (χ0n) is 10.1. The van der Waals surface area contributed by atoms with Crippen LogP contribution in [0.3, 0.4) is 0 Å². The molecular formula is C13H20O3. The van der Waals surface area contributed by atoms with Gasteiger partial charge in [-0.2, -0.15) is 0 Å². The molecule has 1 aliphatic carbocycles. The molecule has 3 heteroatoms. The van der Waals surface area contributed by atoms with Crippen molar-refractivity contribution in [2.45, 2.75) is 58.3 Å². The highest BCUT2D eigenvalue weighted by Gasteiger charge is 2.33. The summed E-state index contributed by atoms with van der Waals surface area (Å²) in [6, 6.07) is 0. The van der Waals surface area contributed by atoms with Gasteiger partial charge in [-0.1, -0.05) is 19.3 Å². The molecule has 0 radical (unpaired) electrons. The maximum atomic E-state index is 11.3. The maximum absolute atomic E-state index is 11.3. The maximum Gasteiger partial charge on any atom is 0.333 e. The molecule has 90 valence electrons. The number of ether oxygens (including phenoxy) is 2. The van der Waals surface area contributed by atoms with Crippen LogP contribution in [0, 0.1) is 5.92 Å². The van der Waals surface area contributed by atoms with Crippen molar-refractivity contribution in [3.8, 4) is 0 Å². The molecule has 0 aromatic rings. The molecule has 0 aromatic heterocycles. The van der Waals surface area contributed by atoms with Crippen LogP contribution < -0.4 is 0 Å². The van der Waals surface area contributed by atoms with Crippen LogP contribution in [-0.2, 0) is 14.3 Å². The molecule has 1 aliphatic heterocycles. The van der Waals surface area contributed by atoms with Gasteiger partial charge in [0.1, 0.15) is 0 Å². The van der Waals surface area contributed by atoms with E-state index in [9.17, 15) is 4.79 Å². The van der Waals surface area contributed by atoms with Crippen LogP contribution in [0.1, 0.15) is 46.0 Å². The zero-order chi connectivity index (χ0) is 11.5. The Balaban J connectivity index is 2.03. The monoisotopic (exact) mass is 224 g/mol. The highest BCUT2D eigenvalue weighted by atomic mass is 16.7. The van der Waals surface area contributed by atoms with E-state index in [0.717, 1.165) is 5.57 Å². The lowest BCUT2D eigenvalue weighted by molar-refractivity contribution is -0.166. The van der Waals surface area contributed by atoms with E-state index in [1.807, 2.05) is 13.8 Å². The minimum absolute atomic E-state index is 0.0860. The van der Waals surface area contributed by atoms with E-state index < -0.39 is 6.29 Å². The van der Waals surface area contributed by atoms with Gasteiger partial charge >= 0.3 is 5.97 Å². The molecule has 0 bridgehead atoms. The van der Waals surface area contributed by atoms with Crippen LogP contribution >= 0.6 is 0 Å². The molecule has 0 saturated heterocycles. The van der Waals surface area contributed by atoms with Crippen molar-refractivity contribution >= 4 is 5.97 Å². The van der Waals surface area contributed by atoms with Gasteiger partial charge in [0.15, 0.2) is 0 Å². The summed E-state index contributed by atoms with van der Waals surface area (Å²) < 4.78 is 10.8. The molecular weight excluding hydrogens is 204 g/mol. The lowest BCUT2D eigenvalue weighted by Crippen LogP contribution is -2.25. The van der Waals surface area contributed by atoms with Gasteiger partial charge in [0.25, 0.3) is 0 Å². The van der Waals surface area contributed by atoms with Gasteiger partial charge in [-0.3, -0.25) is 0 Å². The van der Waals surface area contributed by atoms with Gasteiger partial charge in [-0.25, -0.2) is 4.79 Å². The normalized spacial score (nSPS) is 27.1. The van der Waals surface area contributed by atoms with Crippen molar-refractivity contribution in [1.82, 2.24) is 0 Å². The van der Waals surface area contributed by atoms with Gasteiger partial charge < -0.3 is 9.47 Å². The second kappa shape index (κ2) is 5.00. The van der Waals surface area contributed by atoms with Crippen LogP contribution in [0.15, 0.2) is 11.6 Å². The summed E-state index contributed by atoms with van der Waals surface area (Å²) >= 11 is 0.